The Labute approximate surface area is 179 Å². The third-order valence-corrected chi connectivity index (χ3v) is 5.48. The van der Waals surface area contributed by atoms with Gasteiger partial charge in [-0.3, -0.25) is 9.59 Å². The summed E-state index contributed by atoms with van der Waals surface area (Å²) in [5.41, 5.74) is 1.85. The normalized spacial score (nSPS) is 12.3. The molecule has 0 saturated heterocycles. The summed E-state index contributed by atoms with van der Waals surface area (Å²) in [4.78, 5) is 28.6. The Morgan fingerprint density at radius 2 is 1.66 bits per heavy atom. The second-order valence-corrected chi connectivity index (χ2v) is 9.50. The van der Waals surface area contributed by atoms with Crippen molar-refractivity contribution in [3.63, 3.8) is 0 Å². The number of carbonyl (C=O) groups is 2. The molecule has 1 atom stereocenters. The van der Waals surface area contributed by atoms with Crippen LogP contribution in [-0.2, 0) is 16.1 Å². The Morgan fingerprint density at radius 1 is 1.03 bits per heavy atom. The maximum atomic E-state index is 13.0. The summed E-state index contributed by atoms with van der Waals surface area (Å²) >= 11 is 1.66. The maximum absolute atomic E-state index is 13.0. The fourth-order valence-corrected chi connectivity index (χ4v) is 3.73. The molecule has 2 aromatic rings. The number of benzene rings is 2. The van der Waals surface area contributed by atoms with Crippen LogP contribution in [0.5, 0.6) is 0 Å². The molecule has 1 N–H and O–H groups in total. The minimum atomic E-state index is -0.537. The third-order valence-electron chi connectivity index (χ3n) is 4.47. The lowest BCUT2D eigenvalue weighted by Gasteiger charge is -2.31. The Hall–Kier alpha value is -2.27. The van der Waals surface area contributed by atoms with Gasteiger partial charge in [0.25, 0.3) is 0 Å². The molecular formula is C24H32N2O2S. The van der Waals surface area contributed by atoms with Crippen molar-refractivity contribution in [2.75, 3.05) is 5.75 Å². The van der Waals surface area contributed by atoms with Crippen LogP contribution in [0.3, 0.4) is 0 Å². The van der Waals surface area contributed by atoms with Crippen molar-refractivity contribution in [3.8, 4) is 0 Å². The van der Waals surface area contributed by atoms with Crippen LogP contribution in [-0.4, -0.2) is 34.0 Å². The Balaban J connectivity index is 2.08. The highest BCUT2D eigenvalue weighted by Crippen LogP contribution is 2.19. The van der Waals surface area contributed by atoms with Gasteiger partial charge in [-0.15, -0.1) is 11.8 Å². The first-order valence-corrected chi connectivity index (χ1v) is 11.0. The molecule has 2 aromatic carbocycles. The van der Waals surface area contributed by atoms with Gasteiger partial charge in [-0.05, 0) is 52.3 Å². The molecule has 0 aromatic heterocycles. The van der Waals surface area contributed by atoms with Crippen molar-refractivity contribution in [3.05, 3.63) is 65.7 Å². The molecule has 0 radical (unpaired) electrons. The lowest BCUT2D eigenvalue weighted by Crippen LogP contribution is -2.52. The van der Waals surface area contributed by atoms with Gasteiger partial charge in [0.05, 0.1) is 0 Å². The van der Waals surface area contributed by atoms with E-state index in [9.17, 15) is 9.59 Å². The molecule has 156 valence electrons. The Bertz CT molecular complexity index is 798. The molecule has 5 heteroatoms. The van der Waals surface area contributed by atoms with Crippen molar-refractivity contribution in [1.29, 1.82) is 0 Å². The Morgan fingerprint density at radius 3 is 2.24 bits per heavy atom. The quantitative estimate of drug-likeness (QED) is 0.633. The predicted octanol–water partition coefficient (Wildman–Crippen LogP) is 4.81. The molecule has 0 heterocycles. The summed E-state index contributed by atoms with van der Waals surface area (Å²) in [7, 11) is 0. The molecule has 0 bridgehead atoms. The number of amides is 2. The Kier molecular flexibility index (Phi) is 8.32. The van der Waals surface area contributed by atoms with Gasteiger partial charge in [-0.2, -0.15) is 0 Å². The lowest BCUT2D eigenvalue weighted by molar-refractivity contribution is -0.140. The second kappa shape index (κ2) is 10.5. The number of nitrogens with zero attached hydrogens (tertiary/aromatic N) is 1. The number of nitrogens with one attached hydrogen (secondary N) is 1. The maximum Gasteiger partial charge on any atom is 0.242 e. The van der Waals surface area contributed by atoms with Gasteiger partial charge in [-0.1, -0.05) is 48.0 Å². The van der Waals surface area contributed by atoms with Crippen LogP contribution >= 0.6 is 11.8 Å². The molecule has 0 aliphatic rings. The number of rotatable bonds is 8. The zero-order valence-corrected chi connectivity index (χ0v) is 18.9. The van der Waals surface area contributed by atoms with Crippen molar-refractivity contribution in [2.24, 2.45) is 0 Å². The lowest BCUT2D eigenvalue weighted by atomic mass is 10.1. The van der Waals surface area contributed by atoms with Gasteiger partial charge < -0.3 is 10.2 Å². The highest BCUT2D eigenvalue weighted by Gasteiger charge is 2.28. The molecule has 2 rings (SSSR count). The van der Waals surface area contributed by atoms with E-state index in [0.717, 1.165) is 10.5 Å². The smallest absolute Gasteiger partial charge is 0.242 e. The molecular weight excluding hydrogens is 380 g/mol. The highest BCUT2D eigenvalue weighted by molar-refractivity contribution is 7.99. The summed E-state index contributed by atoms with van der Waals surface area (Å²) in [5, 5.41) is 2.99. The van der Waals surface area contributed by atoms with E-state index < -0.39 is 6.04 Å². The van der Waals surface area contributed by atoms with Gasteiger partial charge in [0.15, 0.2) is 0 Å². The van der Waals surface area contributed by atoms with Crippen molar-refractivity contribution < 1.29 is 9.59 Å². The summed E-state index contributed by atoms with van der Waals surface area (Å²) in [5.74, 6) is 0.542. The summed E-state index contributed by atoms with van der Waals surface area (Å²) in [6, 6.07) is 17.6. The molecule has 0 aliphatic heterocycles. The van der Waals surface area contributed by atoms with Gasteiger partial charge in [0.1, 0.15) is 6.04 Å². The monoisotopic (exact) mass is 412 g/mol. The molecule has 1 unspecified atom stereocenters. The molecule has 4 nitrogen and oxygen atoms in total. The topological polar surface area (TPSA) is 49.4 Å². The molecule has 0 fully saturated rings. The number of thioether (sulfide) groups is 1. The number of carbonyl (C=O) groups excluding carboxylic acids is 2. The minimum absolute atomic E-state index is 0.00874. The van der Waals surface area contributed by atoms with Crippen LogP contribution in [0.1, 0.15) is 45.2 Å². The number of hydrogen-bond donors (Lipinski definition) is 1. The molecule has 0 aliphatic carbocycles. The highest BCUT2D eigenvalue weighted by atomic mass is 32.2. The molecule has 29 heavy (non-hydrogen) atoms. The van der Waals surface area contributed by atoms with E-state index in [1.165, 1.54) is 5.56 Å². The largest absolute Gasteiger partial charge is 0.350 e. The van der Waals surface area contributed by atoms with E-state index in [2.05, 4.69) is 5.32 Å². The van der Waals surface area contributed by atoms with Gasteiger partial charge in [0.2, 0.25) is 11.8 Å². The van der Waals surface area contributed by atoms with Gasteiger partial charge in [-0.25, -0.2) is 0 Å². The fourth-order valence-electron chi connectivity index (χ4n) is 2.86. The fraction of sp³-hybridized carbons (Fsp3) is 0.417. The summed E-state index contributed by atoms with van der Waals surface area (Å²) < 4.78 is 0. The first-order chi connectivity index (χ1) is 13.7. The van der Waals surface area contributed by atoms with Crippen molar-refractivity contribution in [2.45, 2.75) is 64.1 Å². The van der Waals surface area contributed by atoms with Crippen LogP contribution < -0.4 is 5.32 Å². The van der Waals surface area contributed by atoms with E-state index in [4.69, 9.17) is 0 Å². The van der Waals surface area contributed by atoms with Crippen LogP contribution in [0, 0.1) is 6.92 Å². The van der Waals surface area contributed by atoms with Crippen molar-refractivity contribution in [1.82, 2.24) is 10.2 Å². The van der Waals surface area contributed by atoms with Gasteiger partial charge >= 0.3 is 0 Å². The zero-order valence-electron chi connectivity index (χ0n) is 18.1. The summed E-state index contributed by atoms with van der Waals surface area (Å²) in [6.45, 7) is 10.1. The van der Waals surface area contributed by atoms with E-state index in [-0.39, 0.29) is 17.4 Å². The zero-order chi connectivity index (χ0) is 21.4. The van der Waals surface area contributed by atoms with E-state index in [0.29, 0.717) is 18.7 Å². The standard InChI is InChI=1S/C24H32N2O2S/c1-18-11-13-20(14-12-18)17-26(19(2)23(28)25-24(3,4)5)22(27)15-16-29-21-9-7-6-8-10-21/h6-14,19H,15-17H2,1-5H3,(H,25,28). The van der Waals surface area contributed by atoms with Crippen LogP contribution in [0.15, 0.2) is 59.5 Å². The second-order valence-electron chi connectivity index (χ2n) is 8.33. The van der Waals surface area contributed by atoms with E-state index in [1.807, 2.05) is 82.3 Å². The number of aryl methyl sites for hydroxylation is 1. The summed E-state index contributed by atoms with van der Waals surface area (Å²) in [6.07, 6.45) is 0.387. The SMILES string of the molecule is Cc1ccc(CN(C(=O)CCSc2ccccc2)C(C)C(=O)NC(C)(C)C)cc1. The van der Waals surface area contributed by atoms with E-state index >= 15 is 0 Å². The van der Waals surface area contributed by atoms with E-state index in [1.54, 1.807) is 23.6 Å². The van der Waals surface area contributed by atoms with Crippen molar-refractivity contribution >= 4 is 23.6 Å². The molecule has 2 amide bonds. The molecule has 0 spiro atoms. The minimum Gasteiger partial charge on any atom is -0.350 e. The predicted molar refractivity (Wildman–Crippen MR) is 121 cm³/mol. The first kappa shape index (κ1) is 23.0. The first-order valence-electron chi connectivity index (χ1n) is 10.0. The number of hydrogen-bond acceptors (Lipinski definition) is 3. The average molecular weight is 413 g/mol. The van der Waals surface area contributed by atoms with Crippen LogP contribution in [0.2, 0.25) is 0 Å². The van der Waals surface area contributed by atoms with Crippen LogP contribution in [0.4, 0.5) is 0 Å². The molecule has 0 saturated carbocycles. The van der Waals surface area contributed by atoms with Gasteiger partial charge in [0, 0.05) is 29.2 Å². The third kappa shape index (κ3) is 7.94. The van der Waals surface area contributed by atoms with Crippen LogP contribution in [0.25, 0.3) is 0 Å². The average Bonchev–Trinajstić information content (AvgIpc) is 2.66.